The minimum atomic E-state index is 0.577. The van der Waals surface area contributed by atoms with Gasteiger partial charge in [0, 0.05) is 11.6 Å². The molecule has 1 heterocycles. The van der Waals surface area contributed by atoms with Crippen molar-refractivity contribution in [2.45, 2.75) is 71.1 Å². The van der Waals surface area contributed by atoms with Crippen molar-refractivity contribution in [2.24, 2.45) is 5.92 Å². The highest BCUT2D eigenvalue weighted by atomic mass is 79.9. The molecule has 0 unspecified atom stereocenters. The first-order valence-corrected chi connectivity index (χ1v) is 9.14. The molecule has 20 heavy (non-hydrogen) atoms. The average molecular weight is 357 g/mol. The van der Waals surface area contributed by atoms with Crippen molar-refractivity contribution < 1.29 is 0 Å². The maximum atomic E-state index is 5.40. The van der Waals surface area contributed by atoms with Gasteiger partial charge in [-0.2, -0.15) is 0 Å². The van der Waals surface area contributed by atoms with E-state index in [0.29, 0.717) is 5.92 Å². The van der Waals surface area contributed by atoms with Crippen LogP contribution < -0.4 is 0 Å². The Labute approximate surface area is 135 Å². The summed E-state index contributed by atoms with van der Waals surface area (Å²) < 4.78 is 1.70. The summed E-state index contributed by atoms with van der Waals surface area (Å²) in [5.41, 5.74) is 1.22. The lowest BCUT2D eigenvalue weighted by Crippen LogP contribution is -2.16. The number of aromatic amines is 1. The van der Waals surface area contributed by atoms with Gasteiger partial charge < -0.3 is 4.98 Å². The second-order valence-electron chi connectivity index (χ2n) is 5.98. The lowest BCUT2D eigenvalue weighted by Gasteiger charge is -2.28. The summed E-state index contributed by atoms with van der Waals surface area (Å²) in [6, 6.07) is 0. The molecule has 0 aromatic carbocycles. The number of aromatic nitrogens is 2. The van der Waals surface area contributed by atoms with Gasteiger partial charge in [0.2, 0.25) is 0 Å². The van der Waals surface area contributed by atoms with E-state index >= 15 is 0 Å². The van der Waals surface area contributed by atoms with E-state index in [1.165, 1.54) is 44.2 Å². The molecule has 112 valence electrons. The normalized spacial score (nSPS) is 22.9. The first-order valence-electron chi connectivity index (χ1n) is 7.94. The molecule has 1 aliphatic rings. The van der Waals surface area contributed by atoms with Crippen molar-refractivity contribution in [3.05, 3.63) is 20.6 Å². The standard InChI is InChI=1S/C16H25BrN2S/c1-3-5-11-7-9-12(10-8-11)15-18-13(6-4-2)14(17)16(20)19-15/h11-12H,3-10H2,1-2H3,(H,18,19,20). The fourth-order valence-electron chi connectivity index (χ4n) is 3.27. The molecule has 1 saturated carbocycles. The Kier molecular flexibility index (Phi) is 6.21. The van der Waals surface area contributed by atoms with Gasteiger partial charge in [0.15, 0.2) is 0 Å². The largest absolute Gasteiger partial charge is 0.346 e. The van der Waals surface area contributed by atoms with Gasteiger partial charge in [-0.25, -0.2) is 4.98 Å². The third kappa shape index (κ3) is 3.91. The molecule has 0 aliphatic heterocycles. The van der Waals surface area contributed by atoms with Crippen LogP contribution in [0.2, 0.25) is 0 Å². The number of nitrogens with zero attached hydrogens (tertiary/aromatic N) is 1. The molecule has 0 radical (unpaired) electrons. The molecule has 1 fully saturated rings. The molecule has 0 atom stereocenters. The monoisotopic (exact) mass is 356 g/mol. The zero-order valence-electron chi connectivity index (χ0n) is 12.5. The fourth-order valence-corrected chi connectivity index (χ4v) is 3.88. The van der Waals surface area contributed by atoms with Crippen molar-refractivity contribution >= 4 is 28.1 Å². The third-order valence-corrected chi connectivity index (χ3v) is 5.80. The maximum absolute atomic E-state index is 5.40. The Balaban J connectivity index is 2.12. The number of nitrogens with one attached hydrogen (secondary N) is 1. The van der Waals surface area contributed by atoms with E-state index in [1.807, 2.05) is 0 Å². The highest BCUT2D eigenvalue weighted by Gasteiger charge is 2.24. The summed E-state index contributed by atoms with van der Waals surface area (Å²) in [6.07, 6.45) is 10.1. The Morgan fingerprint density at radius 3 is 2.50 bits per heavy atom. The Hall–Kier alpha value is -0.220. The topological polar surface area (TPSA) is 28.7 Å². The van der Waals surface area contributed by atoms with Gasteiger partial charge in [-0.1, -0.05) is 45.3 Å². The van der Waals surface area contributed by atoms with Crippen LogP contribution in [-0.4, -0.2) is 9.97 Å². The number of hydrogen-bond donors (Lipinski definition) is 1. The van der Waals surface area contributed by atoms with Gasteiger partial charge in [0.25, 0.3) is 0 Å². The minimum absolute atomic E-state index is 0.577. The molecule has 0 amide bonds. The van der Waals surface area contributed by atoms with Gasteiger partial charge >= 0.3 is 0 Å². The van der Waals surface area contributed by atoms with E-state index in [-0.39, 0.29) is 0 Å². The molecule has 1 aromatic heterocycles. The Bertz CT molecular complexity index is 490. The van der Waals surface area contributed by atoms with Crippen LogP contribution in [0, 0.1) is 10.6 Å². The second-order valence-corrected chi connectivity index (χ2v) is 7.16. The predicted octanol–water partition coefficient (Wildman–Crippen LogP) is 5.93. The molecular formula is C16H25BrN2S. The number of rotatable bonds is 5. The van der Waals surface area contributed by atoms with Gasteiger partial charge in [0.05, 0.1) is 4.47 Å². The molecular weight excluding hydrogens is 332 g/mol. The van der Waals surface area contributed by atoms with Crippen molar-refractivity contribution in [1.29, 1.82) is 0 Å². The average Bonchev–Trinajstić information content (AvgIpc) is 2.45. The number of H-pyrrole nitrogens is 1. The molecule has 1 aromatic rings. The van der Waals surface area contributed by atoms with E-state index in [0.717, 1.165) is 33.7 Å². The summed E-state index contributed by atoms with van der Waals surface area (Å²) >= 11 is 8.97. The van der Waals surface area contributed by atoms with Gasteiger partial charge in [-0.3, -0.25) is 0 Å². The lowest BCUT2D eigenvalue weighted by atomic mass is 9.80. The smallest absolute Gasteiger partial charge is 0.144 e. The summed E-state index contributed by atoms with van der Waals surface area (Å²) in [6.45, 7) is 4.48. The first-order chi connectivity index (χ1) is 9.65. The highest BCUT2D eigenvalue weighted by molar-refractivity contribution is 9.10. The quantitative estimate of drug-likeness (QED) is 0.662. The zero-order chi connectivity index (χ0) is 14.5. The summed E-state index contributed by atoms with van der Waals surface area (Å²) in [5.74, 6) is 2.63. The van der Waals surface area contributed by atoms with Crippen LogP contribution in [0.3, 0.4) is 0 Å². The maximum Gasteiger partial charge on any atom is 0.144 e. The van der Waals surface area contributed by atoms with Crippen LogP contribution in [0.25, 0.3) is 0 Å². The van der Waals surface area contributed by atoms with Crippen LogP contribution in [0.1, 0.15) is 76.2 Å². The van der Waals surface area contributed by atoms with E-state index in [2.05, 4.69) is 39.7 Å². The molecule has 0 spiro atoms. The summed E-state index contributed by atoms with van der Waals surface area (Å²) in [4.78, 5) is 8.17. The number of hydrogen-bond acceptors (Lipinski definition) is 2. The molecule has 1 aliphatic carbocycles. The van der Waals surface area contributed by atoms with Crippen molar-refractivity contribution in [2.75, 3.05) is 0 Å². The Morgan fingerprint density at radius 1 is 1.20 bits per heavy atom. The predicted molar refractivity (Wildman–Crippen MR) is 90.7 cm³/mol. The van der Waals surface area contributed by atoms with Crippen molar-refractivity contribution in [3.8, 4) is 0 Å². The lowest BCUT2D eigenvalue weighted by molar-refractivity contribution is 0.302. The summed E-state index contributed by atoms with van der Waals surface area (Å²) in [5, 5.41) is 0. The van der Waals surface area contributed by atoms with Gasteiger partial charge in [-0.05, 0) is 54.0 Å². The van der Waals surface area contributed by atoms with Crippen LogP contribution >= 0.6 is 28.1 Å². The highest BCUT2D eigenvalue weighted by Crippen LogP contribution is 2.36. The molecule has 2 nitrogen and oxygen atoms in total. The first kappa shape index (κ1) is 16.2. The van der Waals surface area contributed by atoms with Gasteiger partial charge in [-0.15, -0.1) is 0 Å². The van der Waals surface area contributed by atoms with Crippen LogP contribution in [0.4, 0.5) is 0 Å². The van der Waals surface area contributed by atoms with E-state index in [1.54, 1.807) is 0 Å². The van der Waals surface area contributed by atoms with Crippen molar-refractivity contribution in [1.82, 2.24) is 9.97 Å². The number of aryl methyl sites for hydroxylation is 1. The SMILES string of the molecule is CCCc1[nH]c(C2CCC(CCC)CC2)nc(=S)c1Br. The van der Waals surface area contributed by atoms with Gasteiger partial charge in [0.1, 0.15) is 10.5 Å². The molecule has 1 N–H and O–H groups in total. The molecule has 2 rings (SSSR count). The molecule has 4 heteroatoms. The van der Waals surface area contributed by atoms with Crippen LogP contribution in [0.5, 0.6) is 0 Å². The summed E-state index contributed by atoms with van der Waals surface area (Å²) in [7, 11) is 0. The Morgan fingerprint density at radius 2 is 1.90 bits per heavy atom. The van der Waals surface area contributed by atoms with E-state index in [4.69, 9.17) is 12.2 Å². The number of halogens is 1. The van der Waals surface area contributed by atoms with E-state index in [9.17, 15) is 0 Å². The third-order valence-electron chi connectivity index (χ3n) is 4.38. The van der Waals surface area contributed by atoms with E-state index < -0.39 is 0 Å². The fraction of sp³-hybridized carbons (Fsp3) is 0.750. The molecule has 0 bridgehead atoms. The van der Waals surface area contributed by atoms with Crippen LogP contribution in [0.15, 0.2) is 4.47 Å². The second kappa shape index (κ2) is 7.69. The molecule has 0 saturated heterocycles. The van der Waals surface area contributed by atoms with Crippen LogP contribution in [-0.2, 0) is 6.42 Å². The minimum Gasteiger partial charge on any atom is -0.346 e. The zero-order valence-corrected chi connectivity index (χ0v) is 14.9. The van der Waals surface area contributed by atoms with Crippen molar-refractivity contribution in [3.63, 3.8) is 0 Å².